The number of aryl methyl sites for hydroxylation is 1. The first kappa shape index (κ1) is 29.7. The van der Waals surface area contributed by atoms with Gasteiger partial charge in [-0.05, 0) is 45.7 Å². The molecule has 1 radical (unpaired) electrons. The summed E-state index contributed by atoms with van der Waals surface area (Å²) in [5.74, 6) is -2.39. The topological polar surface area (TPSA) is 38.9 Å². The van der Waals surface area contributed by atoms with Crippen LogP contribution in [0.15, 0.2) is 114 Å². The maximum atomic E-state index is 14.8. The molecule has 1 unspecified atom stereocenters. The first-order valence-electron chi connectivity index (χ1n) is 18.4. The molecule has 0 amide bonds. The maximum Gasteiger partial charge on any atom is 0.120 e. The molecule has 7 aromatic rings. The van der Waals surface area contributed by atoms with Gasteiger partial charge in [0.15, 0.2) is 0 Å². The zero-order valence-electron chi connectivity index (χ0n) is 33.4. The maximum absolute atomic E-state index is 14.8. The Kier molecular flexibility index (Phi) is 9.16. The van der Waals surface area contributed by atoms with E-state index in [9.17, 15) is 5.76 Å². The number of pyridine rings is 2. The molecular weight excluding hydrogens is 800 g/mol. The molecule has 3 heterocycles. The number of fused-ring (bicyclic) bond motifs is 3. The van der Waals surface area contributed by atoms with E-state index in [1.807, 2.05) is 87.5 Å². The smallest absolute Gasteiger partial charge is 0.120 e. The van der Waals surface area contributed by atoms with Crippen molar-refractivity contribution in [3.05, 3.63) is 150 Å². The normalized spacial score (nSPS) is 14.6. The fraction of sp³-hybridized carbons (Fsp3) is 0.209. The average Bonchev–Trinajstić information content (AvgIpc) is 3.49. The molecule has 0 fully saturated rings. The van der Waals surface area contributed by atoms with E-state index >= 15 is 0 Å². The Bertz CT molecular complexity index is 2420. The third kappa shape index (κ3) is 7.99. The van der Waals surface area contributed by atoms with E-state index in [0.717, 1.165) is 61.1 Å². The Morgan fingerprint density at radius 2 is 1.55 bits per heavy atom. The first-order valence-corrected chi connectivity index (χ1v) is 19.4. The summed E-state index contributed by atoms with van der Waals surface area (Å²) in [5, 5.41) is 3.19. The van der Waals surface area contributed by atoms with Crippen molar-refractivity contribution in [2.75, 3.05) is 0 Å². The molecule has 6 heteroatoms. The summed E-state index contributed by atoms with van der Waals surface area (Å²) in [7, 11) is -1.85. The van der Waals surface area contributed by atoms with Crippen LogP contribution < -0.4 is 5.19 Å². The van der Waals surface area contributed by atoms with Gasteiger partial charge in [0.25, 0.3) is 0 Å². The van der Waals surface area contributed by atoms with Crippen LogP contribution in [0.4, 0.5) is 4.39 Å². The molecular formula is C43H41FIrN2OSi-2. The predicted molar refractivity (Wildman–Crippen MR) is 200 cm³/mol. The van der Waals surface area contributed by atoms with Crippen molar-refractivity contribution in [2.45, 2.75) is 59.1 Å². The molecule has 0 aliphatic carbocycles. The van der Waals surface area contributed by atoms with E-state index in [-0.39, 0.29) is 31.2 Å². The minimum Gasteiger partial charge on any atom is -0.500 e. The van der Waals surface area contributed by atoms with E-state index in [4.69, 9.17) is 9.90 Å². The van der Waals surface area contributed by atoms with Crippen molar-refractivity contribution in [1.29, 1.82) is 0 Å². The van der Waals surface area contributed by atoms with Crippen LogP contribution in [0.5, 0.6) is 0 Å². The molecule has 4 aromatic carbocycles. The number of hydrogen-bond acceptors (Lipinski definition) is 3. The van der Waals surface area contributed by atoms with Crippen molar-refractivity contribution >= 4 is 35.2 Å². The second-order valence-electron chi connectivity index (χ2n) is 13.1. The fourth-order valence-corrected chi connectivity index (χ4v) is 7.24. The van der Waals surface area contributed by atoms with E-state index in [1.165, 1.54) is 6.07 Å². The van der Waals surface area contributed by atoms with Crippen LogP contribution in [0.2, 0.25) is 19.6 Å². The standard InChI is InChI=1S/C23H25FNSi.C20H16NO.Ir/c1-16-11-12-19(21(24)13-16)22-14-20(23(15-25-22)26(3,4)5)17(2)18-9-7-6-8-10-18;1-13(2)14-9-10-21-18(12-14)15-7-8-20-17(11-15)16-5-3-4-6-19(16)22-20;/h6-11,13-15,17H,1-5H3;3-6,8-13H,1-2H3;/q2*-1;/i1D3,17D;13D;. The Morgan fingerprint density at radius 1 is 0.796 bits per heavy atom. The van der Waals surface area contributed by atoms with Crippen LogP contribution in [0, 0.1) is 24.8 Å². The second-order valence-corrected chi connectivity index (χ2v) is 18.2. The zero-order valence-corrected chi connectivity index (χ0v) is 31.8. The third-order valence-electron chi connectivity index (χ3n) is 8.40. The summed E-state index contributed by atoms with van der Waals surface area (Å²) in [4.78, 5) is 8.92. The molecule has 0 N–H and O–H groups in total. The predicted octanol–water partition coefficient (Wildman–Crippen LogP) is 11.3. The van der Waals surface area contributed by atoms with Gasteiger partial charge in [-0.1, -0.05) is 124 Å². The fourth-order valence-electron chi connectivity index (χ4n) is 5.72. The molecule has 0 bridgehead atoms. The van der Waals surface area contributed by atoms with Gasteiger partial charge in [0.05, 0.1) is 13.7 Å². The number of para-hydroxylation sites is 1. The van der Waals surface area contributed by atoms with Crippen LogP contribution in [0.3, 0.4) is 0 Å². The van der Waals surface area contributed by atoms with Gasteiger partial charge in [-0.15, -0.1) is 47.5 Å². The monoisotopic (exact) mass is 846 g/mol. The molecule has 3 aromatic heterocycles. The summed E-state index contributed by atoms with van der Waals surface area (Å²) in [6.45, 7) is 9.75. The van der Waals surface area contributed by atoms with Crippen molar-refractivity contribution in [3.8, 4) is 22.5 Å². The Morgan fingerprint density at radius 3 is 2.27 bits per heavy atom. The molecule has 0 spiro atoms. The molecule has 49 heavy (non-hydrogen) atoms. The van der Waals surface area contributed by atoms with Crippen LogP contribution >= 0.6 is 0 Å². The van der Waals surface area contributed by atoms with Crippen molar-refractivity contribution in [3.63, 3.8) is 0 Å². The van der Waals surface area contributed by atoms with Crippen LogP contribution in [0.25, 0.3) is 44.5 Å². The van der Waals surface area contributed by atoms with Gasteiger partial charge in [0.1, 0.15) is 5.58 Å². The second kappa shape index (κ2) is 15.1. The summed E-state index contributed by atoms with van der Waals surface area (Å²) in [6.07, 6.45) is 3.50. The Balaban J connectivity index is 0.000000210. The minimum atomic E-state index is -2.40. The Labute approximate surface area is 311 Å². The average molecular weight is 846 g/mol. The summed E-state index contributed by atoms with van der Waals surface area (Å²) in [5.41, 5.74) is 6.35. The summed E-state index contributed by atoms with van der Waals surface area (Å²) >= 11 is 0. The Hall–Kier alpha value is -4.22. The number of furan rings is 1. The van der Waals surface area contributed by atoms with Gasteiger partial charge >= 0.3 is 0 Å². The largest absolute Gasteiger partial charge is 0.500 e. The molecule has 0 saturated heterocycles. The third-order valence-corrected chi connectivity index (χ3v) is 10.4. The molecule has 7 rings (SSSR count). The number of rotatable bonds is 6. The van der Waals surface area contributed by atoms with Gasteiger partial charge in [0.2, 0.25) is 0 Å². The number of hydrogen-bond donors (Lipinski definition) is 0. The molecule has 0 saturated carbocycles. The molecule has 251 valence electrons. The van der Waals surface area contributed by atoms with Crippen molar-refractivity contribution < 1.29 is 35.8 Å². The number of benzene rings is 4. The molecule has 3 nitrogen and oxygen atoms in total. The van der Waals surface area contributed by atoms with Gasteiger partial charge in [-0.2, -0.15) is 0 Å². The van der Waals surface area contributed by atoms with Crippen molar-refractivity contribution in [2.24, 2.45) is 0 Å². The first-order chi connectivity index (χ1) is 24.8. The molecule has 1 atom stereocenters. The summed E-state index contributed by atoms with van der Waals surface area (Å²) in [6, 6.07) is 35.4. The molecule has 0 aliphatic heterocycles. The van der Waals surface area contributed by atoms with E-state index in [1.54, 1.807) is 18.5 Å². The zero-order chi connectivity index (χ0) is 38.3. The number of aromatic nitrogens is 2. The quantitative estimate of drug-likeness (QED) is 0.124. The van der Waals surface area contributed by atoms with E-state index < -0.39 is 32.5 Å². The van der Waals surface area contributed by atoms with Crippen LogP contribution in [-0.2, 0) is 20.1 Å². The molecule has 0 aliphatic rings. The number of halogens is 1. The van der Waals surface area contributed by atoms with E-state index in [2.05, 4.69) is 53.9 Å². The van der Waals surface area contributed by atoms with Gasteiger partial charge in [0, 0.05) is 56.5 Å². The van der Waals surface area contributed by atoms with Gasteiger partial charge < -0.3 is 14.4 Å². The van der Waals surface area contributed by atoms with Gasteiger partial charge in [-0.25, -0.2) is 0 Å². The van der Waals surface area contributed by atoms with E-state index in [0.29, 0.717) is 5.69 Å². The minimum absolute atomic E-state index is 0. The SMILES string of the molecule is [2H]C(C)(C)c1ccnc(-c2[c-]cc3oc4ccccc4c3c2)c1.[2H]C([2H])([2H])c1c[c-]c(-c2cc(C([2H])(C)c3ccccc3)c([Si](C)(C)C)cn2)c(F)c1.[Ir]. The summed E-state index contributed by atoms with van der Waals surface area (Å²) < 4.78 is 60.4. The van der Waals surface area contributed by atoms with Gasteiger partial charge in [-0.3, -0.25) is 4.39 Å². The number of nitrogens with zero attached hydrogens (tertiary/aromatic N) is 2. The van der Waals surface area contributed by atoms with Crippen LogP contribution in [-0.4, -0.2) is 18.0 Å². The van der Waals surface area contributed by atoms with Crippen LogP contribution in [0.1, 0.15) is 61.7 Å². The van der Waals surface area contributed by atoms with Crippen molar-refractivity contribution in [1.82, 2.24) is 9.97 Å².